The van der Waals surface area contributed by atoms with Crippen LogP contribution in [0.25, 0.3) is 0 Å². The van der Waals surface area contributed by atoms with Crippen LogP contribution in [0.2, 0.25) is 0 Å². The Labute approximate surface area is 96.4 Å². The molecule has 4 nitrogen and oxygen atoms in total. The van der Waals surface area contributed by atoms with Crippen LogP contribution in [0.5, 0.6) is 0 Å². The van der Waals surface area contributed by atoms with Gasteiger partial charge in [-0.25, -0.2) is 0 Å². The molecule has 16 heavy (non-hydrogen) atoms. The van der Waals surface area contributed by atoms with Gasteiger partial charge in [0, 0.05) is 18.0 Å². The predicted molar refractivity (Wildman–Crippen MR) is 62.3 cm³/mol. The van der Waals surface area contributed by atoms with E-state index in [-0.39, 0.29) is 0 Å². The average molecular weight is 220 g/mol. The molecule has 1 aromatic rings. The van der Waals surface area contributed by atoms with E-state index in [1.54, 1.807) is 0 Å². The zero-order chi connectivity index (χ0) is 11.0. The molecule has 0 aromatic carbocycles. The Balaban J connectivity index is 1.86. The van der Waals surface area contributed by atoms with Crippen molar-refractivity contribution in [2.45, 2.75) is 57.0 Å². The van der Waals surface area contributed by atoms with Crippen LogP contribution in [0.4, 0.5) is 0 Å². The van der Waals surface area contributed by atoms with E-state index in [1.807, 2.05) is 6.33 Å². The number of hydrogen-bond donors (Lipinski definition) is 1. The van der Waals surface area contributed by atoms with Crippen molar-refractivity contribution in [1.82, 2.24) is 20.1 Å². The van der Waals surface area contributed by atoms with Crippen molar-refractivity contribution in [3.05, 3.63) is 12.2 Å². The van der Waals surface area contributed by atoms with Crippen LogP contribution in [0.3, 0.4) is 0 Å². The Kier molecular flexibility index (Phi) is 2.67. The maximum Gasteiger partial charge on any atom is 0.137 e. The predicted octanol–water partition coefficient (Wildman–Crippen LogP) is 1.86. The molecule has 2 atom stereocenters. The molecular weight excluding hydrogens is 200 g/mol. The van der Waals surface area contributed by atoms with Gasteiger partial charge in [0.1, 0.15) is 12.2 Å². The molecular formula is C12H20N4. The van der Waals surface area contributed by atoms with Gasteiger partial charge in [0.15, 0.2) is 0 Å². The lowest BCUT2D eigenvalue weighted by Gasteiger charge is -2.19. The highest BCUT2D eigenvalue weighted by Gasteiger charge is 2.30. The second-order valence-corrected chi connectivity index (χ2v) is 5.17. The van der Waals surface area contributed by atoms with Crippen LogP contribution in [-0.4, -0.2) is 27.4 Å². The number of aromatic nitrogens is 3. The highest BCUT2D eigenvalue weighted by Crippen LogP contribution is 2.34. The lowest BCUT2D eigenvalue weighted by Crippen LogP contribution is -2.24. The number of hydrogen-bond acceptors (Lipinski definition) is 3. The Hall–Kier alpha value is -0.900. The number of nitrogens with one attached hydrogen (secondary N) is 1. The highest BCUT2D eigenvalue weighted by molar-refractivity contribution is 5.06. The van der Waals surface area contributed by atoms with Crippen molar-refractivity contribution in [2.24, 2.45) is 0 Å². The van der Waals surface area contributed by atoms with Crippen LogP contribution in [-0.2, 0) is 0 Å². The fraction of sp³-hybridized carbons (Fsp3) is 0.833. The molecule has 88 valence electrons. The molecule has 1 aliphatic heterocycles. The van der Waals surface area contributed by atoms with Gasteiger partial charge in [0.2, 0.25) is 0 Å². The molecule has 2 fully saturated rings. The summed E-state index contributed by atoms with van der Waals surface area (Å²) in [5, 5.41) is 12.0. The topological polar surface area (TPSA) is 42.7 Å². The summed E-state index contributed by atoms with van der Waals surface area (Å²) < 4.78 is 2.35. The minimum Gasteiger partial charge on any atom is -0.314 e. The third-order valence-corrected chi connectivity index (χ3v) is 4.18. The van der Waals surface area contributed by atoms with Gasteiger partial charge in [-0.15, -0.1) is 10.2 Å². The molecule has 1 aliphatic carbocycles. The summed E-state index contributed by atoms with van der Waals surface area (Å²) >= 11 is 0. The Morgan fingerprint density at radius 1 is 1.31 bits per heavy atom. The van der Waals surface area contributed by atoms with Gasteiger partial charge < -0.3 is 9.88 Å². The van der Waals surface area contributed by atoms with E-state index in [2.05, 4.69) is 27.0 Å². The first kappa shape index (κ1) is 10.3. The van der Waals surface area contributed by atoms with Crippen molar-refractivity contribution >= 4 is 0 Å². The van der Waals surface area contributed by atoms with Crippen molar-refractivity contribution < 1.29 is 0 Å². The van der Waals surface area contributed by atoms with Crippen molar-refractivity contribution in [1.29, 1.82) is 0 Å². The van der Waals surface area contributed by atoms with Gasteiger partial charge in [-0.3, -0.25) is 0 Å². The average Bonchev–Trinajstić information content (AvgIpc) is 2.95. The van der Waals surface area contributed by atoms with Gasteiger partial charge >= 0.3 is 0 Å². The van der Waals surface area contributed by atoms with Gasteiger partial charge in [-0.2, -0.15) is 0 Å². The fourth-order valence-electron chi connectivity index (χ4n) is 3.19. The monoisotopic (exact) mass is 220 g/mol. The maximum absolute atomic E-state index is 4.37. The molecule has 4 heteroatoms. The summed E-state index contributed by atoms with van der Waals surface area (Å²) in [5.74, 6) is 1.77. The molecule has 1 saturated heterocycles. The third-order valence-electron chi connectivity index (χ3n) is 4.18. The summed E-state index contributed by atoms with van der Waals surface area (Å²) in [5.41, 5.74) is 0. The summed E-state index contributed by atoms with van der Waals surface area (Å²) in [6, 6.07) is 1.21. The quantitative estimate of drug-likeness (QED) is 0.827. The SMILES string of the molecule is CC1NCCC1c1nncn1C1CCCC1. The highest BCUT2D eigenvalue weighted by atomic mass is 15.3. The molecule has 2 unspecified atom stereocenters. The zero-order valence-corrected chi connectivity index (χ0v) is 9.89. The normalized spacial score (nSPS) is 31.3. The van der Waals surface area contributed by atoms with E-state index in [0.717, 1.165) is 6.54 Å². The summed E-state index contributed by atoms with van der Waals surface area (Å²) in [6.45, 7) is 3.37. The fourth-order valence-corrected chi connectivity index (χ4v) is 3.19. The Bertz CT molecular complexity index is 354. The Morgan fingerprint density at radius 2 is 2.12 bits per heavy atom. The van der Waals surface area contributed by atoms with E-state index in [4.69, 9.17) is 0 Å². The third kappa shape index (κ3) is 1.65. The van der Waals surface area contributed by atoms with Gasteiger partial charge in [0.25, 0.3) is 0 Å². The smallest absolute Gasteiger partial charge is 0.137 e. The lowest BCUT2D eigenvalue weighted by atomic mass is 10.0. The zero-order valence-electron chi connectivity index (χ0n) is 9.89. The minimum absolute atomic E-state index is 0.546. The van der Waals surface area contributed by atoms with Gasteiger partial charge in [0.05, 0.1) is 0 Å². The molecule has 3 rings (SSSR count). The van der Waals surface area contributed by atoms with Crippen molar-refractivity contribution in [3.8, 4) is 0 Å². The van der Waals surface area contributed by atoms with Crippen LogP contribution in [0, 0.1) is 0 Å². The van der Waals surface area contributed by atoms with Crippen LogP contribution < -0.4 is 5.32 Å². The summed E-state index contributed by atoms with van der Waals surface area (Å²) in [6.07, 6.45) is 8.48. The molecule has 0 bridgehead atoms. The van der Waals surface area contributed by atoms with E-state index in [9.17, 15) is 0 Å². The van der Waals surface area contributed by atoms with Gasteiger partial charge in [-0.1, -0.05) is 12.8 Å². The van der Waals surface area contributed by atoms with E-state index >= 15 is 0 Å². The first-order chi connectivity index (χ1) is 7.86. The lowest BCUT2D eigenvalue weighted by molar-refractivity contribution is 0.460. The number of nitrogens with zero attached hydrogens (tertiary/aromatic N) is 3. The van der Waals surface area contributed by atoms with Crippen molar-refractivity contribution in [2.75, 3.05) is 6.54 Å². The standard InChI is InChI=1S/C12H20N4/c1-9-11(6-7-13-9)12-15-14-8-16(12)10-4-2-3-5-10/h8-11,13H,2-7H2,1H3. The molecule has 1 saturated carbocycles. The molecule has 0 spiro atoms. The molecule has 1 aromatic heterocycles. The summed E-state index contributed by atoms with van der Waals surface area (Å²) in [4.78, 5) is 0. The van der Waals surface area contributed by atoms with Crippen LogP contribution >= 0.6 is 0 Å². The molecule has 0 radical (unpaired) electrons. The van der Waals surface area contributed by atoms with Crippen molar-refractivity contribution in [3.63, 3.8) is 0 Å². The van der Waals surface area contributed by atoms with E-state index in [0.29, 0.717) is 18.0 Å². The van der Waals surface area contributed by atoms with Crippen LogP contribution in [0.15, 0.2) is 6.33 Å². The first-order valence-electron chi connectivity index (χ1n) is 6.49. The Morgan fingerprint density at radius 3 is 2.81 bits per heavy atom. The largest absolute Gasteiger partial charge is 0.314 e. The van der Waals surface area contributed by atoms with Gasteiger partial charge in [-0.05, 0) is 32.7 Å². The molecule has 1 N–H and O–H groups in total. The second kappa shape index (κ2) is 4.17. The van der Waals surface area contributed by atoms with E-state index in [1.165, 1.54) is 37.9 Å². The summed E-state index contributed by atoms with van der Waals surface area (Å²) in [7, 11) is 0. The van der Waals surface area contributed by atoms with Crippen LogP contribution in [0.1, 0.15) is 56.8 Å². The molecule has 0 amide bonds. The van der Waals surface area contributed by atoms with E-state index < -0.39 is 0 Å². The first-order valence-corrected chi connectivity index (χ1v) is 6.49. The number of rotatable bonds is 2. The molecule has 2 aliphatic rings. The maximum atomic E-state index is 4.37. The second-order valence-electron chi connectivity index (χ2n) is 5.17. The molecule has 2 heterocycles. The minimum atomic E-state index is 0.546.